The first-order valence-electron chi connectivity index (χ1n) is 8.43. The summed E-state index contributed by atoms with van der Waals surface area (Å²) in [5.41, 5.74) is 2.81. The fourth-order valence-corrected chi connectivity index (χ4v) is 3.72. The fraction of sp³-hybridized carbons (Fsp3) is 0.263. The van der Waals surface area contributed by atoms with E-state index in [0.29, 0.717) is 11.7 Å². The third-order valence-electron chi connectivity index (χ3n) is 4.18. The number of hydrogen-bond acceptors (Lipinski definition) is 6. The van der Waals surface area contributed by atoms with Crippen LogP contribution in [0.4, 0.5) is 11.5 Å². The molecule has 5 nitrogen and oxygen atoms in total. The van der Waals surface area contributed by atoms with E-state index in [2.05, 4.69) is 10.3 Å². The Kier molecular flexibility index (Phi) is 4.91. The normalized spacial score (nSPS) is 14.0. The van der Waals surface area contributed by atoms with E-state index >= 15 is 0 Å². The van der Waals surface area contributed by atoms with Gasteiger partial charge in [0.2, 0.25) is 0 Å². The highest BCUT2D eigenvalue weighted by Crippen LogP contribution is 2.41. The van der Waals surface area contributed by atoms with E-state index in [9.17, 15) is 0 Å². The molecule has 4 rings (SSSR count). The maximum absolute atomic E-state index is 9.05. The number of benzene rings is 1. The lowest BCUT2D eigenvalue weighted by Gasteiger charge is -2.10. The van der Waals surface area contributed by atoms with Gasteiger partial charge in [-0.15, -0.1) is 11.3 Å². The zero-order valence-electron chi connectivity index (χ0n) is 13.9. The number of aliphatic hydroxyl groups excluding tert-OH is 1. The molecule has 1 aromatic carbocycles. The Bertz CT molecular complexity index is 907. The largest absolute Gasteiger partial charge is 0.368 e. The Morgan fingerprint density at radius 1 is 1.12 bits per heavy atom. The van der Waals surface area contributed by atoms with Crippen LogP contribution in [-0.4, -0.2) is 26.5 Å². The SMILES string of the molecule is OC(O)Cc1ccc(Nc2cc(C3CC3)nc(-c3ccc(Cl)s3)n2)cc1. The van der Waals surface area contributed by atoms with E-state index in [1.54, 1.807) is 0 Å². The van der Waals surface area contributed by atoms with E-state index in [-0.39, 0.29) is 6.42 Å². The zero-order chi connectivity index (χ0) is 18.1. The Labute approximate surface area is 160 Å². The molecule has 0 atom stereocenters. The average Bonchev–Trinajstić information content (AvgIpc) is 3.37. The van der Waals surface area contributed by atoms with Crippen molar-refractivity contribution in [1.29, 1.82) is 0 Å². The highest BCUT2D eigenvalue weighted by molar-refractivity contribution is 7.19. The van der Waals surface area contributed by atoms with E-state index in [4.69, 9.17) is 26.8 Å². The van der Waals surface area contributed by atoms with Crippen molar-refractivity contribution >= 4 is 34.4 Å². The summed E-state index contributed by atoms with van der Waals surface area (Å²) in [5, 5.41) is 21.4. The van der Waals surface area contributed by atoms with Crippen molar-refractivity contribution in [3.8, 4) is 10.7 Å². The van der Waals surface area contributed by atoms with Crippen LogP contribution in [0, 0.1) is 0 Å². The molecule has 0 saturated heterocycles. The number of aromatic nitrogens is 2. The molecule has 1 aliphatic rings. The van der Waals surface area contributed by atoms with Crippen LogP contribution in [0.2, 0.25) is 4.34 Å². The molecule has 0 radical (unpaired) electrons. The lowest BCUT2D eigenvalue weighted by atomic mass is 10.1. The van der Waals surface area contributed by atoms with Gasteiger partial charge in [-0.05, 0) is 42.7 Å². The Morgan fingerprint density at radius 2 is 1.88 bits per heavy atom. The second kappa shape index (κ2) is 7.32. The van der Waals surface area contributed by atoms with Crippen LogP contribution < -0.4 is 5.32 Å². The summed E-state index contributed by atoms with van der Waals surface area (Å²) in [5.74, 6) is 1.95. The summed E-state index contributed by atoms with van der Waals surface area (Å²) in [6.07, 6.45) is 1.21. The van der Waals surface area contributed by atoms with E-state index in [0.717, 1.165) is 32.0 Å². The zero-order valence-corrected chi connectivity index (χ0v) is 15.5. The summed E-state index contributed by atoms with van der Waals surface area (Å²) < 4.78 is 0.719. The minimum atomic E-state index is -1.34. The van der Waals surface area contributed by atoms with Crippen LogP contribution in [0.3, 0.4) is 0 Å². The summed E-state index contributed by atoms with van der Waals surface area (Å²) in [7, 11) is 0. The average molecular weight is 388 g/mol. The molecule has 1 saturated carbocycles. The molecule has 3 N–H and O–H groups in total. The molecule has 0 unspecified atom stereocenters. The number of halogens is 1. The lowest BCUT2D eigenvalue weighted by molar-refractivity contribution is -0.0381. The van der Waals surface area contributed by atoms with Crippen LogP contribution in [0.1, 0.15) is 30.0 Å². The molecule has 0 bridgehead atoms. The third kappa shape index (κ3) is 4.22. The van der Waals surface area contributed by atoms with Gasteiger partial charge in [-0.1, -0.05) is 23.7 Å². The highest BCUT2D eigenvalue weighted by Gasteiger charge is 2.26. The Balaban J connectivity index is 1.60. The van der Waals surface area contributed by atoms with Crippen molar-refractivity contribution < 1.29 is 10.2 Å². The van der Waals surface area contributed by atoms with Crippen molar-refractivity contribution in [1.82, 2.24) is 9.97 Å². The van der Waals surface area contributed by atoms with Gasteiger partial charge in [0.15, 0.2) is 12.1 Å². The van der Waals surface area contributed by atoms with Crippen LogP contribution in [0.25, 0.3) is 10.7 Å². The minimum absolute atomic E-state index is 0.211. The van der Waals surface area contributed by atoms with Gasteiger partial charge in [0.25, 0.3) is 0 Å². The molecule has 1 aliphatic carbocycles. The Morgan fingerprint density at radius 3 is 2.50 bits per heavy atom. The van der Waals surface area contributed by atoms with Gasteiger partial charge in [-0.25, -0.2) is 9.97 Å². The van der Waals surface area contributed by atoms with Gasteiger partial charge < -0.3 is 15.5 Å². The quantitative estimate of drug-likeness (QED) is 0.548. The van der Waals surface area contributed by atoms with E-state index < -0.39 is 6.29 Å². The minimum Gasteiger partial charge on any atom is -0.368 e. The molecule has 2 heterocycles. The van der Waals surface area contributed by atoms with Gasteiger partial charge in [0.1, 0.15) is 5.82 Å². The van der Waals surface area contributed by atoms with Crippen molar-refractivity contribution in [2.75, 3.05) is 5.32 Å². The summed E-state index contributed by atoms with van der Waals surface area (Å²) in [4.78, 5) is 10.3. The van der Waals surface area contributed by atoms with Crippen LogP contribution in [0.15, 0.2) is 42.5 Å². The van der Waals surface area contributed by atoms with Crippen molar-refractivity contribution in [2.24, 2.45) is 0 Å². The molecular formula is C19H18ClN3O2S. The number of nitrogens with one attached hydrogen (secondary N) is 1. The molecule has 0 spiro atoms. The summed E-state index contributed by atoms with van der Waals surface area (Å²) >= 11 is 7.53. The molecule has 3 aromatic rings. The predicted octanol–water partition coefficient (Wildman–Crippen LogP) is 4.33. The van der Waals surface area contributed by atoms with E-state index in [1.807, 2.05) is 42.5 Å². The van der Waals surface area contributed by atoms with Gasteiger partial charge in [0, 0.05) is 29.8 Å². The summed E-state index contributed by atoms with van der Waals surface area (Å²) in [6, 6.07) is 13.3. The van der Waals surface area contributed by atoms with Gasteiger partial charge in [-0.2, -0.15) is 0 Å². The topological polar surface area (TPSA) is 78.3 Å². The van der Waals surface area contributed by atoms with Crippen molar-refractivity contribution in [3.63, 3.8) is 0 Å². The third-order valence-corrected chi connectivity index (χ3v) is 5.41. The second-order valence-corrected chi connectivity index (χ2v) is 8.10. The maximum atomic E-state index is 9.05. The van der Waals surface area contributed by atoms with Crippen LogP contribution >= 0.6 is 22.9 Å². The molecule has 2 aromatic heterocycles. The molecule has 26 heavy (non-hydrogen) atoms. The monoisotopic (exact) mass is 387 g/mol. The first-order chi connectivity index (χ1) is 12.6. The van der Waals surface area contributed by atoms with Gasteiger partial charge in [0.05, 0.1) is 9.21 Å². The molecule has 7 heteroatoms. The number of nitrogens with zero attached hydrogens (tertiary/aromatic N) is 2. The Hall–Kier alpha value is -1.99. The number of aliphatic hydroxyl groups is 2. The molecular weight excluding hydrogens is 370 g/mol. The van der Waals surface area contributed by atoms with Gasteiger partial charge in [-0.3, -0.25) is 0 Å². The highest BCUT2D eigenvalue weighted by atomic mass is 35.5. The first-order valence-corrected chi connectivity index (χ1v) is 9.63. The smallest absolute Gasteiger partial charge is 0.171 e. The van der Waals surface area contributed by atoms with E-state index in [1.165, 1.54) is 24.2 Å². The summed E-state index contributed by atoms with van der Waals surface area (Å²) in [6.45, 7) is 0. The fourth-order valence-electron chi connectivity index (χ4n) is 2.75. The predicted molar refractivity (Wildman–Crippen MR) is 104 cm³/mol. The molecule has 0 amide bonds. The van der Waals surface area contributed by atoms with Crippen molar-refractivity contribution in [3.05, 3.63) is 58.1 Å². The first kappa shape index (κ1) is 17.4. The molecule has 0 aliphatic heterocycles. The number of rotatable bonds is 6. The van der Waals surface area contributed by atoms with Crippen molar-refractivity contribution in [2.45, 2.75) is 31.5 Å². The van der Waals surface area contributed by atoms with Crippen LogP contribution in [0.5, 0.6) is 0 Å². The number of anilines is 2. The standard InChI is InChI=1S/C19H18ClN3O2S/c20-16-8-7-15(26-16)19-22-14(12-3-4-12)10-17(23-19)21-13-5-1-11(2-6-13)9-18(24)25/h1-2,5-8,10,12,18,24-25H,3-4,9H2,(H,21,22,23). The molecule has 134 valence electrons. The number of thiophene rings is 1. The van der Waals surface area contributed by atoms with Gasteiger partial charge >= 0.3 is 0 Å². The molecule has 1 fully saturated rings. The number of hydrogen-bond donors (Lipinski definition) is 3. The maximum Gasteiger partial charge on any atom is 0.171 e. The second-order valence-electron chi connectivity index (χ2n) is 6.39. The van der Waals surface area contributed by atoms with Crippen LogP contribution in [-0.2, 0) is 6.42 Å². The lowest BCUT2D eigenvalue weighted by Crippen LogP contribution is -2.08.